The molecule has 0 saturated heterocycles. The molecular formula is C27H21F2N7. The zero-order chi connectivity index (χ0) is 24.8. The van der Waals surface area contributed by atoms with Gasteiger partial charge in [-0.3, -0.25) is 15.1 Å². The fourth-order valence-corrected chi connectivity index (χ4v) is 4.52. The molecular weight excluding hydrogens is 460 g/mol. The van der Waals surface area contributed by atoms with E-state index in [4.69, 9.17) is 4.98 Å². The van der Waals surface area contributed by atoms with Gasteiger partial charge >= 0.3 is 0 Å². The molecule has 0 saturated carbocycles. The minimum atomic E-state index is -0.367. The average Bonchev–Trinajstić information content (AvgIpc) is 3.47. The fraction of sp³-hybridized carbons (Fsp3) is 0.111. The number of benzene rings is 2. The second-order valence-corrected chi connectivity index (χ2v) is 8.66. The summed E-state index contributed by atoms with van der Waals surface area (Å²) >= 11 is 0. The van der Waals surface area contributed by atoms with E-state index in [1.165, 1.54) is 18.2 Å². The molecule has 0 fully saturated rings. The van der Waals surface area contributed by atoms with Crippen molar-refractivity contribution in [3.05, 3.63) is 83.8 Å². The number of nitrogens with one attached hydrogen (secondary N) is 3. The van der Waals surface area contributed by atoms with Crippen molar-refractivity contribution in [1.29, 1.82) is 0 Å². The van der Waals surface area contributed by atoms with Crippen molar-refractivity contribution in [2.24, 2.45) is 0 Å². The summed E-state index contributed by atoms with van der Waals surface area (Å²) in [6.45, 7) is 2.44. The molecule has 3 N–H and O–H groups in total. The third-order valence-electron chi connectivity index (χ3n) is 6.22. The van der Waals surface area contributed by atoms with E-state index < -0.39 is 0 Å². The Balaban J connectivity index is 1.51. The highest BCUT2D eigenvalue weighted by Gasteiger charge is 2.19. The maximum absolute atomic E-state index is 15.0. The molecule has 0 atom stereocenters. The number of aryl methyl sites for hydroxylation is 1. The van der Waals surface area contributed by atoms with Crippen LogP contribution in [0.5, 0.6) is 0 Å². The maximum Gasteiger partial charge on any atom is 0.159 e. The van der Waals surface area contributed by atoms with Gasteiger partial charge in [0.25, 0.3) is 0 Å². The number of pyridine rings is 2. The van der Waals surface area contributed by atoms with E-state index in [2.05, 4.69) is 30.5 Å². The van der Waals surface area contributed by atoms with Gasteiger partial charge in [0.1, 0.15) is 22.8 Å². The number of imidazole rings is 1. The molecule has 2 aromatic carbocycles. The minimum Gasteiger partial charge on any atom is -0.336 e. The molecule has 0 aliphatic heterocycles. The first-order valence-electron chi connectivity index (χ1n) is 11.4. The molecule has 4 aromatic heterocycles. The van der Waals surface area contributed by atoms with Crippen molar-refractivity contribution in [2.75, 3.05) is 7.05 Å². The van der Waals surface area contributed by atoms with Crippen LogP contribution in [0.25, 0.3) is 55.8 Å². The van der Waals surface area contributed by atoms with Gasteiger partial charge in [-0.1, -0.05) is 0 Å². The molecule has 7 nitrogen and oxygen atoms in total. The third kappa shape index (κ3) is 3.70. The number of aromatic nitrogens is 6. The van der Waals surface area contributed by atoms with Gasteiger partial charge in [-0.15, -0.1) is 0 Å². The van der Waals surface area contributed by atoms with E-state index >= 15 is 0 Å². The molecule has 0 amide bonds. The van der Waals surface area contributed by atoms with Gasteiger partial charge in [0.15, 0.2) is 5.82 Å². The molecule has 0 spiro atoms. The molecule has 0 aliphatic carbocycles. The number of halogens is 2. The number of aromatic amines is 2. The van der Waals surface area contributed by atoms with Crippen molar-refractivity contribution in [3.8, 4) is 33.9 Å². The monoisotopic (exact) mass is 481 g/mol. The lowest BCUT2D eigenvalue weighted by molar-refractivity contribution is 0.624. The Labute approximate surface area is 204 Å². The predicted octanol–water partition coefficient (Wildman–Crippen LogP) is 5.54. The minimum absolute atomic E-state index is 0.342. The van der Waals surface area contributed by atoms with Gasteiger partial charge in [-0.2, -0.15) is 5.10 Å². The molecule has 0 bridgehead atoms. The van der Waals surface area contributed by atoms with E-state index in [1.54, 1.807) is 24.7 Å². The Hall–Kier alpha value is -4.50. The lowest BCUT2D eigenvalue weighted by Crippen LogP contribution is -2.05. The zero-order valence-corrected chi connectivity index (χ0v) is 19.5. The molecule has 36 heavy (non-hydrogen) atoms. The molecule has 0 radical (unpaired) electrons. The molecule has 178 valence electrons. The van der Waals surface area contributed by atoms with Gasteiger partial charge < -0.3 is 10.3 Å². The van der Waals surface area contributed by atoms with Crippen LogP contribution in [0.3, 0.4) is 0 Å². The Kier molecular flexibility index (Phi) is 5.26. The van der Waals surface area contributed by atoms with E-state index in [9.17, 15) is 8.78 Å². The first kappa shape index (κ1) is 22.0. The third-order valence-corrected chi connectivity index (χ3v) is 6.22. The second-order valence-electron chi connectivity index (χ2n) is 8.66. The van der Waals surface area contributed by atoms with Crippen LogP contribution in [-0.4, -0.2) is 37.2 Å². The lowest BCUT2D eigenvalue weighted by Gasteiger charge is -2.07. The van der Waals surface area contributed by atoms with Crippen LogP contribution < -0.4 is 5.32 Å². The van der Waals surface area contributed by atoms with Crippen molar-refractivity contribution in [3.63, 3.8) is 0 Å². The Morgan fingerprint density at radius 3 is 2.67 bits per heavy atom. The highest BCUT2D eigenvalue weighted by atomic mass is 19.1. The van der Waals surface area contributed by atoms with Crippen LogP contribution in [0, 0.1) is 18.6 Å². The van der Waals surface area contributed by atoms with Crippen LogP contribution in [0.2, 0.25) is 0 Å². The summed E-state index contributed by atoms with van der Waals surface area (Å²) in [5, 5.41) is 11.1. The van der Waals surface area contributed by atoms with Crippen LogP contribution in [0.1, 0.15) is 11.1 Å². The molecule has 6 aromatic rings. The number of rotatable bonds is 5. The van der Waals surface area contributed by atoms with Crippen LogP contribution >= 0.6 is 0 Å². The van der Waals surface area contributed by atoms with Crippen LogP contribution in [0.15, 0.2) is 61.1 Å². The lowest BCUT2D eigenvalue weighted by atomic mass is 10.00. The summed E-state index contributed by atoms with van der Waals surface area (Å²) in [6, 6.07) is 11.7. The first-order chi connectivity index (χ1) is 17.5. The Bertz CT molecular complexity index is 1750. The van der Waals surface area contributed by atoms with Gasteiger partial charge in [0.05, 0.1) is 16.7 Å². The number of nitrogens with zero attached hydrogens (tertiary/aromatic N) is 4. The normalized spacial score (nSPS) is 11.6. The highest BCUT2D eigenvalue weighted by Crippen LogP contribution is 2.34. The van der Waals surface area contributed by atoms with E-state index in [0.717, 1.165) is 16.6 Å². The zero-order valence-electron chi connectivity index (χ0n) is 19.5. The topological polar surface area (TPSA) is 95.2 Å². The molecule has 6 rings (SSSR count). The summed E-state index contributed by atoms with van der Waals surface area (Å²) in [5.41, 5.74) is 6.48. The van der Waals surface area contributed by atoms with Crippen molar-refractivity contribution in [1.82, 2.24) is 35.5 Å². The maximum atomic E-state index is 15.0. The quantitative estimate of drug-likeness (QED) is 0.301. The smallest absolute Gasteiger partial charge is 0.159 e. The van der Waals surface area contributed by atoms with Crippen molar-refractivity contribution in [2.45, 2.75) is 13.5 Å². The number of hydrogen-bond acceptors (Lipinski definition) is 5. The Morgan fingerprint density at radius 2 is 1.83 bits per heavy atom. The highest BCUT2D eigenvalue weighted by molar-refractivity contribution is 5.97. The summed E-state index contributed by atoms with van der Waals surface area (Å²) in [4.78, 5) is 16.7. The van der Waals surface area contributed by atoms with Crippen LogP contribution in [-0.2, 0) is 6.54 Å². The van der Waals surface area contributed by atoms with Gasteiger partial charge in [0.2, 0.25) is 0 Å². The molecule has 0 aliphatic rings. The largest absolute Gasteiger partial charge is 0.336 e. The fourth-order valence-electron chi connectivity index (χ4n) is 4.52. The Morgan fingerprint density at radius 1 is 0.944 bits per heavy atom. The van der Waals surface area contributed by atoms with E-state index in [1.807, 2.05) is 32.2 Å². The van der Waals surface area contributed by atoms with Gasteiger partial charge in [-0.25, -0.2) is 13.8 Å². The SMILES string of the molecule is CNCc1cc(F)cc(-c2nccc3[nH]c(-c4n[nH]c5cc(F)c(-c6cnccc6C)cc45)nc23)c1. The molecule has 4 heterocycles. The number of fused-ring (bicyclic) bond motifs is 2. The van der Waals surface area contributed by atoms with E-state index in [-0.39, 0.29) is 11.6 Å². The molecule has 0 unspecified atom stereocenters. The summed E-state index contributed by atoms with van der Waals surface area (Å²) in [6.07, 6.45) is 4.99. The number of H-pyrrole nitrogens is 2. The predicted molar refractivity (Wildman–Crippen MR) is 135 cm³/mol. The van der Waals surface area contributed by atoms with Crippen molar-refractivity contribution < 1.29 is 8.78 Å². The van der Waals surface area contributed by atoms with Crippen molar-refractivity contribution >= 4 is 21.9 Å². The van der Waals surface area contributed by atoms with Crippen LogP contribution in [0.4, 0.5) is 8.78 Å². The standard InChI is InChI=1S/C27H21F2N7/c1-14-3-5-31-13-20(14)18-10-19-23(11-21(18)29)35-36-25(19)27-33-22-4-6-32-24(26(22)34-27)16-7-15(12-30-2)8-17(28)9-16/h3-11,13,30H,12H2,1-2H3,(H,33,34)(H,35,36). The number of hydrogen-bond donors (Lipinski definition) is 3. The second kappa shape index (κ2) is 8.62. The van der Waals surface area contributed by atoms with E-state index in [0.29, 0.717) is 56.9 Å². The molecule has 9 heteroatoms. The summed E-state index contributed by atoms with van der Waals surface area (Å²) in [7, 11) is 1.81. The van der Waals surface area contributed by atoms with Gasteiger partial charge in [-0.05, 0) is 61.5 Å². The average molecular weight is 482 g/mol. The summed E-state index contributed by atoms with van der Waals surface area (Å²) < 4.78 is 29.3. The first-order valence-corrected chi connectivity index (χ1v) is 11.4. The van der Waals surface area contributed by atoms with Gasteiger partial charge in [0, 0.05) is 53.3 Å². The summed E-state index contributed by atoms with van der Waals surface area (Å²) in [5.74, 6) is -0.211.